The number of aromatic nitrogens is 1. The van der Waals surface area contributed by atoms with Gasteiger partial charge in [0.1, 0.15) is 0 Å². The molecule has 1 heterocycles. The van der Waals surface area contributed by atoms with Crippen LogP contribution in [0.3, 0.4) is 0 Å². The van der Waals surface area contributed by atoms with Crippen LogP contribution in [0, 0.1) is 0 Å². The highest BCUT2D eigenvalue weighted by atomic mass is 15.0. The van der Waals surface area contributed by atoms with Crippen LogP contribution >= 0.6 is 0 Å². The highest BCUT2D eigenvalue weighted by Crippen LogP contribution is 2.29. The molecule has 18 heavy (non-hydrogen) atoms. The van der Waals surface area contributed by atoms with Gasteiger partial charge in [0.15, 0.2) is 0 Å². The van der Waals surface area contributed by atoms with Gasteiger partial charge in [-0.2, -0.15) is 0 Å². The third kappa shape index (κ3) is 1.56. The van der Waals surface area contributed by atoms with Crippen molar-refractivity contribution >= 4 is 21.8 Å². The molecule has 0 saturated heterocycles. The van der Waals surface area contributed by atoms with E-state index in [4.69, 9.17) is 0 Å². The van der Waals surface area contributed by atoms with Crippen molar-refractivity contribution < 1.29 is 0 Å². The number of nitrogens with zero attached hydrogens (tertiary/aromatic N) is 1. The number of benzene rings is 2. The lowest BCUT2D eigenvalue weighted by Gasteiger charge is -2.06. The summed E-state index contributed by atoms with van der Waals surface area (Å²) < 4.78 is 2.30. The van der Waals surface area contributed by atoms with Crippen LogP contribution in [0.1, 0.15) is 0 Å². The smallest absolute Gasteiger partial charge is 0.0494 e. The van der Waals surface area contributed by atoms with Gasteiger partial charge in [-0.1, -0.05) is 55.6 Å². The zero-order chi connectivity index (χ0) is 12.5. The molecule has 0 aliphatic heterocycles. The van der Waals surface area contributed by atoms with Crippen molar-refractivity contribution in [1.29, 1.82) is 0 Å². The lowest BCUT2D eigenvalue weighted by Crippen LogP contribution is -1.98. The number of hydrogen-bond donors (Lipinski definition) is 0. The van der Waals surface area contributed by atoms with E-state index in [1.165, 1.54) is 21.8 Å². The Balaban J connectivity index is 2.37. The summed E-state index contributed by atoms with van der Waals surface area (Å²) >= 11 is 0. The van der Waals surface area contributed by atoms with E-state index >= 15 is 0 Å². The van der Waals surface area contributed by atoms with E-state index in [0.29, 0.717) is 0 Å². The Kier molecular flexibility index (Phi) is 2.52. The average Bonchev–Trinajstić information content (AvgIpc) is 2.74. The van der Waals surface area contributed by atoms with Crippen molar-refractivity contribution in [2.45, 2.75) is 6.54 Å². The monoisotopic (exact) mass is 233 g/mol. The molecule has 0 fully saturated rings. The molecule has 1 aromatic heterocycles. The van der Waals surface area contributed by atoms with E-state index in [1.807, 2.05) is 6.08 Å². The molecule has 0 saturated carbocycles. The molecule has 0 radical (unpaired) electrons. The summed E-state index contributed by atoms with van der Waals surface area (Å²) in [5, 5.41) is 2.59. The second-order valence-electron chi connectivity index (χ2n) is 4.48. The first-order chi connectivity index (χ1) is 8.81. The molecule has 0 aliphatic carbocycles. The van der Waals surface area contributed by atoms with Crippen molar-refractivity contribution in [3.05, 3.63) is 73.3 Å². The number of hydrogen-bond acceptors (Lipinski definition) is 0. The summed E-state index contributed by atoms with van der Waals surface area (Å²) in [5.74, 6) is 0. The Morgan fingerprint density at radius 2 is 1.44 bits per heavy atom. The second kappa shape index (κ2) is 4.19. The topological polar surface area (TPSA) is 4.93 Å². The molecule has 0 spiro atoms. The Hall–Kier alpha value is -2.28. The van der Waals surface area contributed by atoms with Gasteiger partial charge in [0, 0.05) is 28.4 Å². The molecule has 3 aromatic rings. The fourth-order valence-electron chi connectivity index (χ4n) is 2.44. The van der Waals surface area contributed by atoms with Crippen molar-refractivity contribution in [3.8, 4) is 0 Å². The molecule has 3 rings (SSSR count). The second-order valence-corrected chi connectivity index (χ2v) is 4.48. The van der Waals surface area contributed by atoms with Gasteiger partial charge in [0.2, 0.25) is 0 Å². The SMILES string of the molecule is C=CC(=C)Cn1c2ccccc2c2ccccc21. The molecule has 0 N–H and O–H groups in total. The van der Waals surface area contributed by atoms with Crippen molar-refractivity contribution in [2.24, 2.45) is 0 Å². The predicted molar refractivity (Wildman–Crippen MR) is 78.8 cm³/mol. The maximum atomic E-state index is 4.02. The van der Waals surface area contributed by atoms with Gasteiger partial charge >= 0.3 is 0 Å². The Morgan fingerprint density at radius 3 is 1.94 bits per heavy atom. The van der Waals surface area contributed by atoms with Crippen LogP contribution in [0.4, 0.5) is 0 Å². The molecule has 0 aliphatic rings. The minimum absolute atomic E-state index is 0.789. The Morgan fingerprint density at radius 1 is 0.944 bits per heavy atom. The van der Waals surface area contributed by atoms with Crippen LogP contribution in [0.15, 0.2) is 73.3 Å². The minimum atomic E-state index is 0.789. The van der Waals surface area contributed by atoms with Crippen LogP contribution in [-0.4, -0.2) is 4.57 Å². The van der Waals surface area contributed by atoms with Crippen LogP contribution in [0.5, 0.6) is 0 Å². The third-order valence-corrected chi connectivity index (χ3v) is 3.33. The maximum Gasteiger partial charge on any atom is 0.0494 e. The molecule has 2 aromatic carbocycles. The highest BCUT2D eigenvalue weighted by molar-refractivity contribution is 6.08. The Bertz CT molecular complexity index is 693. The van der Waals surface area contributed by atoms with E-state index in [1.54, 1.807) is 0 Å². The standard InChI is InChI=1S/C17H15N/c1-3-13(2)12-18-16-10-6-4-8-14(16)15-9-5-7-11-17(15)18/h3-11H,1-2,12H2. The fourth-order valence-corrected chi connectivity index (χ4v) is 2.44. The first-order valence-corrected chi connectivity index (χ1v) is 6.07. The zero-order valence-electron chi connectivity index (χ0n) is 10.3. The summed E-state index contributed by atoms with van der Waals surface area (Å²) in [6.45, 7) is 8.60. The van der Waals surface area contributed by atoms with Crippen LogP contribution in [0.2, 0.25) is 0 Å². The highest BCUT2D eigenvalue weighted by Gasteiger charge is 2.08. The number of allylic oxidation sites excluding steroid dienone is 2. The largest absolute Gasteiger partial charge is 0.336 e. The molecule has 0 atom stereocenters. The quantitative estimate of drug-likeness (QED) is 0.585. The van der Waals surface area contributed by atoms with Crippen molar-refractivity contribution in [1.82, 2.24) is 4.57 Å². The number of fused-ring (bicyclic) bond motifs is 3. The zero-order valence-corrected chi connectivity index (χ0v) is 10.3. The van der Waals surface area contributed by atoms with Gasteiger partial charge in [-0.25, -0.2) is 0 Å². The van der Waals surface area contributed by atoms with Gasteiger partial charge in [0.05, 0.1) is 0 Å². The molecule has 0 amide bonds. The predicted octanol–water partition coefficient (Wildman–Crippen LogP) is 4.54. The summed E-state index contributed by atoms with van der Waals surface area (Å²) in [4.78, 5) is 0. The molecule has 0 bridgehead atoms. The van der Waals surface area contributed by atoms with E-state index in [9.17, 15) is 0 Å². The normalized spacial score (nSPS) is 10.9. The van der Waals surface area contributed by atoms with Gasteiger partial charge in [-0.05, 0) is 17.7 Å². The lowest BCUT2D eigenvalue weighted by molar-refractivity contribution is 0.872. The molecular weight excluding hydrogens is 218 g/mol. The first kappa shape index (κ1) is 10.8. The van der Waals surface area contributed by atoms with Crippen LogP contribution in [-0.2, 0) is 6.54 Å². The third-order valence-electron chi connectivity index (χ3n) is 3.33. The van der Waals surface area contributed by atoms with Crippen molar-refractivity contribution in [3.63, 3.8) is 0 Å². The Labute approximate surface area is 107 Å². The minimum Gasteiger partial charge on any atom is -0.336 e. The molecule has 88 valence electrons. The molecule has 1 heteroatoms. The molecule has 1 nitrogen and oxygen atoms in total. The van der Waals surface area contributed by atoms with Crippen LogP contribution < -0.4 is 0 Å². The average molecular weight is 233 g/mol. The summed E-state index contributed by atoms with van der Waals surface area (Å²) in [6.07, 6.45) is 1.82. The first-order valence-electron chi connectivity index (χ1n) is 6.07. The van der Waals surface area contributed by atoms with E-state index in [-0.39, 0.29) is 0 Å². The molecular formula is C17H15N. The van der Waals surface area contributed by atoms with Gasteiger partial charge in [-0.15, -0.1) is 0 Å². The van der Waals surface area contributed by atoms with E-state index in [0.717, 1.165) is 12.1 Å². The summed E-state index contributed by atoms with van der Waals surface area (Å²) in [7, 11) is 0. The van der Waals surface area contributed by atoms with Gasteiger partial charge in [0.25, 0.3) is 0 Å². The molecule has 0 unspecified atom stereocenters. The summed E-state index contributed by atoms with van der Waals surface area (Å²) in [5.41, 5.74) is 3.53. The van der Waals surface area contributed by atoms with E-state index in [2.05, 4.69) is 66.3 Å². The van der Waals surface area contributed by atoms with Gasteiger partial charge in [-0.3, -0.25) is 0 Å². The van der Waals surface area contributed by atoms with Crippen molar-refractivity contribution in [2.75, 3.05) is 0 Å². The number of para-hydroxylation sites is 2. The van der Waals surface area contributed by atoms with Gasteiger partial charge < -0.3 is 4.57 Å². The number of rotatable bonds is 3. The summed E-state index contributed by atoms with van der Waals surface area (Å²) in [6, 6.07) is 17.0. The maximum absolute atomic E-state index is 4.02. The lowest BCUT2D eigenvalue weighted by atomic mass is 10.2. The fraction of sp³-hybridized carbons (Fsp3) is 0.0588. The van der Waals surface area contributed by atoms with Crippen LogP contribution in [0.25, 0.3) is 21.8 Å². The van der Waals surface area contributed by atoms with E-state index < -0.39 is 0 Å².